The van der Waals surface area contributed by atoms with Crippen molar-refractivity contribution in [2.75, 3.05) is 7.11 Å². The van der Waals surface area contributed by atoms with Crippen LogP contribution in [-0.4, -0.2) is 23.0 Å². The Balaban J connectivity index is 3.09. The van der Waals surface area contributed by atoms with E-state index >= 15 is 0 Å². The van der Waals surface area contributed by atoms with Crippen LogP contribution in [0.25, 0.3) is 0 Å². The summed E-state index contributed by atoms with van der Waals surface area (Å²) in [7, 11) is 1.30. The lowest BCUT2D eigenvalue weighted by Crippen LogP contribution is -2.04. The van der Waals surface area contributed by atoms with Gasteiger partial charge < -0.3 is 4.74 Å². The summed E-state index contributed by atoms with van der Waals surface area (Å²) in [4.78, 5) is 18.6. The largest absolute Gasteiger partial charge is 0.465 e. The fraction of sp³-hybridized carbons (Fsp3) is 0.167. The number of hydrogen-bond donors (Lipinski definition) is 0. The van der Waals surface area contributed by atoms with E-state index in [1.807, 2.05) is 0 Å². The minimum absolute atomic E-state index is 0.306. The molecule has 1 heterocycles. The van der Waals surface area contributed by atoms with Gasteiger partial charge >= 0.3 is 5.97 Å². The summed E-state index contributed by atoms with van der Waals surface area (Å²) < 4.78 is 5.32. The highest BCUT2D eigenvalue weighted by Crippen LogP contribution is 2.15. The average molecular weight is 296 g/mol. The summed E-state index contributed by atoms with van der Waals surface area (Å²) in [5.74, 6) is -0.464. The van der Waals surface area contributed by atoms with Crippen LogP contribution >= 0.6 is 31.9 Å². The number of halogens is 2. The van der Waals surface area contributed by atoms with E-state index in [-0.39, 0.29) is 0 Å². The van der Waals surface area contributed by atoms with Crippen LogP contribution in [0.5, 0.6) is 0 Å². The predicted molar refractivity (Wildman–Crippen MR) is 48.8 cm³/mol. The van der Waals surface area contributed by atoms with Crippen LogP contribution in [0.15, 0.2) is 15.5 Å². The van der Waals surface area contributed by atoms with Crippen molar-refractivity contribution < 1.29 is 9.53 Å². The van der Waals surface area contributed by atoms with Crippen molar-refractivity contribution in [3.05, 3.63) is 21.1 Å². The van der Waals surface area contributed by atoms with Crippen molar-refractivity contribution in [1.82, 2.24) is 9.97 Å². The number of aromatic nitrogens is 2. The highest BCUT2D eigenvalue weighted by molar-refractivity contribution is 9.11. The molecule has 0 aliphatic heterocycles. The second kappa shape index (κ2) is 3.95. The zero-order chi connectivity index (χ0) is 9.14. The molecule has 0 amide bonds. The molecule has 0 aliphatic rings. The maximum absolute atomic E-state index is 11.0. The van der Waals surface area contributed by atoms with Gasteiger partial charge in [0.25, 0.3) is 0 Å². The van der Waals surface area contributed by atoms with E-state index in [4.69, 9.17) is 0 Å². The monoisotopic (exact) mass is 294 g/mol. The molecule has 0 unspecified atom stereocenters. The van der Waals surface area contributed by atoms with Crippen LogP contribution in [0.4, 0.5) is 0 Å². The van der Waals surface area contributed by atoms with Gasteiger partial charge in [0.2, 0.25) is 0 Å². The van der Waals surface area contributed by atoms with Gasteiger partial charge in [-0.05, 0) is 31.9 Å². The number of carbonyl (C=O) groups is 1. The molecular formula is C6H4Br2N2O2. The molecule has 0 atom stereocenters. The van der Waals surface area contributed by atoms with Crippen molar-refractivity contribution in [1.29, 1.82) is 0 Å². The summed E-state index contributed by atoms with van der Waals surface area (Å²) in [6.45, 7) is 0. The molecule has 0 spiro atoms. The minimum atomic E-state index is -0.464. The number of hydrogen-bond acceptors (Lipinski definition) is 4. The molecule has 1 aromatic heterocycles. The molecule has 0 aliphatic carbocycles. The molecule has 0 aromatic carbocycles. The Morgan fingerprint density at radius 1 is 1.58 bits per heavy atom. The first-order valence-corrected chi connectivity index (χ1v) is 4.50. The van der Waals surface area contributed by atoms with Gasteiger partial charge in [0.05, 0.1) is 7.11 Å². The lowest BCUT2D eigenvalue weighted by atomic mass is 10.3. The van der Waals surface area contributed by atoms with Gasteiger partial charge in [0, 0.05) is 6.20 Å². The Bertz CT molecular complexity index is 316. The first-order valence-electron chi connectivity index (χ1n) is 2.91. The maximum Gasteiger partial charge on any atom is 0.342 e. The molecule has 0 N–H and O–H groups in total. The van der Waals surface area contributed by atoms with Gasteiger partial charge in [-0.15, -0.1) is 0 Å². The Labute approximate surface area is 85.6 Å². The second-order valence-corrected chi connectivity index (χ2v) is 3.30. The molecule has 0 bridgehead atoms. The molecule has 0 saturated heterocycles. The fourth-order valence-corrected chi connectivity index (χ4v) is 1.54. The van der Waals surface area contributed by atoms with Crippen LogP contribution in [0.3, 0.4) is 0 Å². The predicted octanol–water partition coefficient (Wildman–Crippen LogP) is 1.79. The third-order valence-corrected chi connectivity index (χ3v) is 2.10. The van der Waals surface area contributed by atoms with Gasteiger partial charge in [0.15, 0.2) is 4.73 Å². The van der Waals surface area contributed by atoms with Gasteiger partial charge in [-0.1, -0.05) is 0 Å². The van der Waals surface area contributed by atoms with Crippen LogP contribution < -0.4 is 0 Å². The van der Waals surface area contributed by atoms with Crippen LogP contribution in [0.1, 0.15) is 10.4 Å². The zero-order valence-electron chi connectivity index (χ0n) is 6.04. The Morgan fingerprint density at radius 3 is 2.75 bits per heavy atom. The Hall–Kier alpha value is -0.490. The summed E-state index contributed by atoms with van der Waals surface area (Å²) in [6.07, 6.45) is 1.38. The van der Waals surface area contributed by atoms with Crippen molar-refractivity contribution >= 4 is 37.8 Å². The number of methoxy groups -OCH3 is 1. The van der Waals surface area contributed by atoms with Gasteiger partial charge in [-0.2, -0.15) is 0 Å². The molecule has 0 saturated carbocycles. The molecule has 1 rings (SSSR count). The first-order chi connectivity index (χ1) is 5.65. The van der Waals surface area contributed by atoms with Crippen molar-refractivity contribution in [2.45, 2.75) is 0 Å². The van der Waals surface area contributed by atoms with Gasteiger partial charge in [-0.3, -0.25) is 0 Å². The van der Waals surface area contributed by atoms with Crippen LogP contribution in [0, 0.1) is 0 Å². The minimum Gasteiger partial charge on any atom is -0.465 e. The maximum atomic E-state index is 11.0. The standard InChI is InChI=1S/C6H4Br2N2O2/c1-12-5(11)3-2-9-6(8)10-4(3)7/h2H,1H3. The normalized spacial score (nSPS) is 9.58. The van der Waals surface area contributed by atoms with E-state index in [1.54, 1.807) is 0 Å². The molecule has 4 nitrogen and oxygen atoms in total. The van der Waals surface area contributed by atoms with E-state index in [0.717, 1.165) is 0 Å². The smallest absolute Gasteiger partial charge is 0.342 e. The third kappa shape index (κ3) is 2.01. The van der Waals surface area contributed by atoms with Crippen LogP contribution in [0.2, 0.25) is 0 Å². The Kier molecular flexibility index (Phi) is 3.16. The SMILES string of the molecule is COC(=O)c1cnc(Br)nc1Br. The molecular weight excluding hydrogens is 292 g/mol. The number of nitrogens with zero attached hydrogens (tertiary/aromatic N) is 2. The molecule has 6 heteroatoms. The zero-order valence-corrected chi connectivity index (χ0v) is 9.22. The van der Waals surface area contributed by atoms with Crippen LogP contribution in [-0.2, 0) is 4.74 Å². The topological polar surface area (TPSA) is 52.1 Å². The first kappa shape index (κ1) is 9.60. The number of esters is 1. The van der Waals surface area contributed by atoms with Crippen molar-refractivity contribution in [3.8, 4) is 0 Å². The van der Waals surface area contributed by atoms with Crippen molar-refractivity contribution in [2.24, 2.45) is 0 Å². The highest BCUT2D eigenvalue weighted by atomic mass is 79.9. The van der Waals surface area contributed by atoms with E-state index < -0.39 is 5.97 Å². The summed E-state index contributed by atoms with van der Waals surface area (Å²) in [5.41, 5.74) is 0.306. The lowest BCUT2D eigenvalue weighted by molar-refractivity contribution is 0.0598. The van der Waals surface area contributed by atoms with Crippen molar-refractivity contribution in [3.63, 3.8) is 0 Å². The second-order valence-electron chi connectivity index (χ2n) is 1.84. The van der Waals surface area contributed by atoms with Gasteiger partial charge in [-0.25, -0.2) is 14.8 Å². The Morgan fingerprint density at radius 2 is 2.25 bits per heavy atom. The summed E-state index contributed by atoms with van der Waals surface area (Å²) in [6, 6.07) is 0. The number of rotatable bonds is 1. The molecule has 12 heavy (non-hydrogen) atoms. The van der Waals surface area contributed by atoms with Gasteiger partial charge in [0.1, 0.15) is 10.2 Å². The summed E-state index contributed by atoms with van der Waals surface area (Å²) >= 11 is 6.17. The molecule has 0 fully saturated rings. The van der Waals surface area contributed by atoms with E-state index in [2.05, 4.69) is 46.6 Å². The fourth-order valence-electron chi connectivity index (χ4n) is 0.588. The molecule has 1 aromatic rings. The van der Waals surface area contributed by atoms with E-state index in [9.17, 15) is 4.79 Å². The van der Waals surface area contributed by atoms with E-state index in [1.165, 1.54) is 13.3 Å². The summed E-state index contributed by atoms with van der Waals surface area (Å²) in [5, 5.41) is 0. The lowest BCUT2D eigenvalue weighted by Gasteiger charge is -1.99. The third-order valence-electron chi connectivity index (χ3n) is 1.12. The highest BCUT2D eigenvalue weighted by Gasteiger charge is 2.11. The average Bonchev–Trinajstić information content (AvgIpc) is 2.03. The molecule has 64 valence electrons. The molecule has 0 radical (unpaired) electrons. The number of ether oxygens (including phenoxy) is 1. The van der Waals surface area contributed by atoms with E-state index in [0.29, 0.717) is 14.9 Å². The number of carbonyl (C=O) groups excluding carboxylic acids is 1. The quantitative estimate of drug-likeness (QED) is 0.450.